The summed E-state index contributed by atoms with van der Waals surface area (Å²) in [5.74, 6) is 0.595. The molecule has 0 bridgehead atoms. The van der Waals surface area contributed by atoms with Gasteiger partial charge in [0.05, 0.1) is 19.6 Å². The molecule has 1 aliphatic heterocycles. The molecule has 1 heterocycles. The smallest absolute Gasteiger partial charge is 0.241 e. The molecule has 0 radical (unpaired) electrons. The summed E-state index contributed by atoms with van der Waals surface area (Å²) in [4.78, 5) is 25.4. The molecular weight excluding hydrogens is 268 g/mol. The second kappa shape index (κ2) is 8.29. The second-order valence-electron chi connectivity index (χ2n) is 5.13. The lowest BCUT2D eigenvalue weighted by atomic mass is 10.1. The number of hydrogen-bond donors (Lipinski definition) is 1. The van der Waals surface area contributed by atoms with Crippen LogP contribution in [0.5, 0.6) is 5.75 Å². The zero-order valence-corrected chi connectivity index (χ0v) is 12.2. The third kappa shape index (κ3) is 5.45. The number of nitrogens with zero attached hydrogens (tertiary/aromatic N) is 1. The van der Waals surface area contributed by atoms with Crippen LogP contribution in [-0.2, 0) is 9.59 Å². The van der Waals surface area contributed by atoms with Gasteiger partial charge in [-0.25, -0.2) is 0 Å². The Bertz CT molecular complexity index is 456. The number of ether oxygens (including phenoxy) is 1. The summed E-state index contributed by atoms with van der Waals surface area (Å²) in [5, 5.41) is 2.66. The molecular formula is C16H22N2O3. The van der Waals surface area contributed by atoms with Gasteiger partial charge in [-0.05, 0) is 31.4 Å². The number of amides is 2. The molecule has 1 N–H and O–H groups in total. The molecule has 2 amide bonds. The van der Waals surface area contributed by atoms with Crippen LogP contribution in [-0.4, -0.2) is 43.0 Å². The summed E-state index contributed by atoms with van der Waals surface area (Å²) < 4.78 is 5.44. The van der Waals surface area contributed by atoms with Crippen molar-refractivity contribution in [3.8, 4) is 5.75 Å². The first-order valence-electron chi connectivity index (χ1n) is 7.48. The maximum atomic E-state index is 11.9. The number of rotatable bonds is 6. The lowest BCUT2D eigenvalue weighted by molar-refractivity contribution is -0.133. The molecule has 1 aromatic rings. The number of piperidine rings is 1. The fourth-order valence-corrected chi connectivity index (χ4v) is 2.30. The highest BCUT2D eigenvalue weighted by atomic mass is 16.5. The van der Waals surface area contributed by atoms with E-state index in [2.05, 4.69) is 5.32 Å². The highest BCUT2D eigenvalue weighted by Gasteiger charge is 2.16. The van der Waals surface area contributed by atoms with Gasteiger partial charge >= 0.3 is 0 Å². The van der Waals surface area contributed by atoms with Crippen LogP contribution < -0.4 is 10.1 Å². The average Bonchev–Trinajstić information content (AvgIpc) is 2.54. The van der Waals surface area contributed by atoms with E-state index in [9.17, 15) is 9.59 Å². The predicted octanol–water partition coefficient (Wildman–Crippen LogP) is 1.58. The van der Waals surface area contributed by atoms with E-state index in [4.69, 9.17) is 4.74 Å². The molecule has 1 saturated heterocycles. The molecule has 0 aliphatic carbocycles. The molecule has 5 nitrogen and oxygen atoms in total. The van der Waals surface area contributed by atoms with Gasteiger partial charge in [0.15, 0.2) is 0 Å². The molecule has 1 aliphatic rings. The number of benzene rings is 1. The molecule has 1 fully saturated rings. The quantitative estimate of drug-likeness (QED) is 0.865. The molecule has 0 atom stereocenters. The van der Waals surface area contributed by atoms with Crippen LogP contribution in [0, 0.1) is 0 Å². The van der Waals surface area contributed by atoms with E-state index in [1.807, 2.05) is 35.2 Å². The number of carbonyl (C=O) groups excluding carboxylic acids is 2. The van der Waals surface area contributed by atoms with Crippen molar-refractivity contribution < 1.29 is 14.3 Å². The van der Waals surface area contributed by atoms with Crippen molar-refractivity contribution in [2.45, 2.75) is 25.7 Å². The molecule has 0 aromatic heterocycles. The largest absolute Gasteiger partial charge is 0.493 e. The van der Waals surface area contributed by atoms with Gasteiger partial charge in [0, 0.05) is 13.1 Å². The SMILES string of the molecule is O=C(CCOc1ccccc1)NCC(=O)N1CCCCC1. The lowest BCUT2D eigenvalue weighted by Crippen LogP contribution is -2.42. The molecule has 5 heteroatoms. The van der Waals surface area contributed by atoms with Gasteiger partial charge in [-0.2, -0.15) is 0 Å². The van der Waals surface area contributed by atoms with Crippen LogP contribution in [0.4, 0.5) is 0 Å². The van der Waals surface area contributed by atoms with E-state index in [-0.39, 0.29) is 24.8 Å². The minimum atomic E-state index is -0.156. The van der Waals surface area contributed by atoms with E-state index < -0.39 is 0 Å². The normalized spacial score (nSPS) is 14.6. The molecule has 0 saturated carbocycles. The monoisotopic (exact) mass is 290 g/mol. The van der Waals surface area contributed by atoms with Crippen molar-refractivity contribution in [1.29, 1.82) is 0 Å². The fourth-order valence-electron chi connectivity index (χ4n) is 2.30. The summed E-state index contributed by atoms with van der Waals surface area (Å²) >= 11 is 0. The van der Waals surface area contributed by atoms with Crippen LogP contribution >= 0.6 is 0 Å². The minimum absolute atomic E-state index is 0.00651. The Kier molecular flexibility index (Phi) is 6.06. The van der Waals surface area contributed by atoms with Crippen LogP contribution in [0.2, 0.25) is 0 Å². The number of nitrogens with one attached hydrogen (secondary N) is 1. The third-order valence-corrected chi connectivity index (χ3v) is 3.49. The Balaban J connectivity index is 1.60. The number of carbonyl (C=O) groups is 2. The van der Waals surface area contributed by atoms with E-state index in [1.165, 1.54) is 6.42 Å². The molecule has 0 spiro atoms. The fraction of sp³-hybridized carbons (Fsp3) is 0.500. The van der Waals surface area contributed by atoms with Crippen LogP contribution in [0.3, 0.4) is 0 Å². The number of hydrogen-bond acceptors (Lipinski definition) is 3. The van der Waals surface area contributed by atoms with E-state index >= 15 is 0 Å². The lowest BCUT2D eigenvalue weighted by Gasteiger charge is -2.26. The van der Waals surface area contributed by atoms with Gasteiger partial charge in [-0.3, -0.25) is 9.59 Å². The summed E-state index contributed by atoms with van der Waals surface area (Å²) in [6.45, 7) is 2.02. The highest BCUT2D eigenvalue weighted by Crippen LogP contribution is 2.09. The van der Waals surface area contributed by atoms with E-state index in [1.54, 1.807) is 0 Å². The minimum Gasteiger partial charge on any atom is -0.493 e. The van der Waals surface area contributed by atoms with Crippen LogP contribution in [0.15, 0.2) is 30.3 Å². The first-order chi connectivity index (χ1) is 10.3. The Labute approximate surface area is 125 Å². The first kappa shape index (κ1) is 15.4. The summed E-state index contributed by atoms with van der Waals surface area (Å²) in [6, 6.07) is 9.36. The Morgan fingerprint density at radius 3 is 2.52 bits per heavy atom. The molecule has 1 aromatic carbocycles. The van der Waals surface area contributed by atoms with Crippen molar-refractivity contribution in [1.82, 2.24) is 10.2 Å². The molecule has 0 unspecified atom stereocenters. The van der Waals surface area contributed by atoms with Gasteiger partial charge in [-0.15, -0.1) is 0 Å². The standard InChI is InChI=1S/C16H22N2O3/c19-15(9-12-21-14-7-3-1-4-8-14)17-13-16(20)18-10-5-2-6-11-18/h1,3-4,7-8H,2,5-6,9-13H2,(H,17,19). The average molecular weight is 290 g/mol. The Morgan fingerprint density at radius 2 is 1.81 bits per heavy atom. The molecule has 21 heavy (non-hydrogen) atoms. The zero-order chi connectivity index (χ0) is 14.9. The second-order valence-corrected chi connectivity index (χ2v) is 5.13. The maximum Gasteiger partial charge on any atom is 0.241 e. The molecule has 2 rings (SSSR count). The van der Waals surface area contributed by atoms with Gasteiger partial charge < -0.3 is 15.0 Å². The summed E-state index contributed by atoms with van der Waals surface area (Å²) in [6.07, 6.45) is 3.56. The van der Waals surface area contributed by atoms with E-state index in [0.717, 1.165) is 31.7 Å². The predicted molar refractivity (Wildman–Crippen MR) is 80.0 cm³/mol. The van der Waals surface area contributed by atoms with Gasteiger partial charge in [0.1, 0.15) is 5.75 Å². The van der Waals surface area contributed by atoms with Crippen molar-refractivity contribution in [3.63, 3.8) is 0 Å². The maximum absolute atomic E-state index is 11.9. The van der Waals surface area contributed by atoms with Crippen LogP contribution in [0.1, 0.15) is 25.7 Å². The summed E-state index contributed by atoms with van der Waals surface area (Å²) in [7, 11) is 0. The van der Waals surface area contributed by atoms with E-state index in [0.29, 0.717) is 6.61 Å². The van der Waals surface area contributed by atoms with Crippen molar-refractivity contribution >= 4 is 11.8 Å². The van der Waals surface area contributed by atoms with Crippen LogP contribution in [0.25, 0.3) is 0 Å². The van der Waals surface area contributed by atoms with Gasteiger partial charge in [0.25, 0.3) is 0 Å². The topological polar surface area (TPSA) is 58.6 Å². The highest BCUT2D eigenvalue weighted by molar-refractivity contribution is 5.84. The van der Waals surface area contributed by atoms with Crippen molar-refractivity contribution in [2.24, 2.45) is 0 Å². The van der Waals surface area contributed by atoms with Gasteiger partial charge in [0.2, 0.25) is 11.8 Å². The number of likely N-dealkylation sites (tertiary alicyclic amines) is 1. The third-order valence-electron chi connectivity index (χ3n) is 3.49. The Morgan fingerprint density at radius 1 is 1.10 bits per heavy atom. The summed E-state index contributed by atoms with van der Waals surface area (Å²) in [5.41, 5.74) is 0. The Hall–Kier alpha value is -2.04. The van der Waals surface area contributed by atoms with Crippen molar-refractivity contribution in [2.75, 3.05) is 26.2 Å². The molecule has 114 valence electrons. The number of para-hydroxylation sites is 1. The van der Waals surface area contributed by atoms with Crippen molar-refractivity contribution in [3.05, 3.63) is 30.3 Å². The zero-order valence-electron chi connectivity index (χ0n) is 12.2. The van der Waals surface area contributed by atoms with Gasteiger partial charge in [-0.1, -0.05) is 18.2 Å². The first-order valence-corrected chi connectivity index (χ1v) is 7.48.